The van der Waals surface area contributed by atoms with E-state index in [2.05, 4.69) is 25.5 Å². The monoisotopic (exact) mass is 428 g/mol. The van der Waals surface area contributed by atoms with E-state index in [1.165, 1.54) is 13.4 Å². The van der Waals surface area contributed by atoms with Gasteiger partial charge in [0.2, 0.25) is 5.88 Å². The van der Waals surface area contributed by atoms with Gasteiger partial charge in [0.05, 0.1) is 20.3 Å². The SMILES string of the molecule is C=S(C)(=O)Nc1cc(-c2cc(O[C@H]3CCOC3)c3ncnc(C)c3c2)cnc1OC. The molecule has 8 nitrogen and oxygen atoms in total. The third-order valence-corrected chi connectivity index (χ3v) is 5.44. The summed E-state index contributed by atoms with van der Waals surface area (Å²) in [5.74, 6) is 4.67. The van der Waals surface area contributed by atoms with Crippen molar-refractivity contribution in [3.63, 3.8) is 0 Å². The molecule has 30 heavy (non-hydrogen) atoms. The molecule has 1 aromatic carbocycles. The van der Waals surface area contributed by atoms with Crippen LogP contribution in [0.3, 0.4) is 0 Å². The Morgan fingerprint density at radius 2 is 2.07 bits per heavy atom. The summed E-state index contributed by atoms with van der Waals surface area (Å²) in [5, 5.41) is 0.894. The summed E-state index contributed by atoms with van der Waals surface area (Å²) in [6, 6.07) is 5.78. The van der Waals surface area contributed by atoms with Crippen molar-refractivity contribution in [3.8, 4) is 22.8 Å². The number of anilines is 1. The van der Waals surface area contributed by atoms with Gasteiger partial charge in [-0.2, -0.15) is 0 Å². The Labute approximate surface area is 175 Å². The molecule has 0 amide bonds. The zero-order valence-electron chi connectivity index (χ0n) is 17.2. The number of nitrogens with zero attached hydrogens (tertiary/aromatic N) is 3. The number of rotatable bonds is 6. The van der Waals surface area contributed by atoms with Crippen LogP contribution in [0.1, 0.15) is 12.1 Å². The number of hydrogen-bond donors (Lipinski definition) is 1. The zero-order chi connectivity index (χ0) is 21.3. The minimum absolute atomic E-state index is 0.0131. The van der Waals surface area contributed by atoms with Crippen LogP contribution in [0, 0.1) is 6.92 Å². The molecule has 2 atom stereocenters. The number of nitrogens with one attached hydrogen (secondary N) is 1. The first-order chi connectivity index (χ1) is 14.3. The van der Waals surface area contributed by atoms with Crippen molar-refractivity contribution in [2.45, 2.75) is 19.4 Å². The summed E-state index contributed by atoms with van der Waals surface area (Å²) in [5.41, 5.74) is 3.79. The maximum absolute atomic E-state index is 12.2. The summed E-state index contributed by atoms with van der Waals surface area (Å²) in [4.78, 5) is 13.1. The molecule has 0 saturated carbocycles. The molecule has 0 spiro atoms. The molecule has 1 aliphatic rings. The first-order valence-corrected chi connectivity index (χ1v) is 11.6. The second-order valence-electron chi connectivity index (χ2n) is 7.32. The van der Waals surface area contributed by atoms with Gasteiger partial charge < -0.3 is 18.9 Å². The minimum atomic E-state index is -2.50. The highest BCUT2D eigenvalue weighted by Gasteiger charge is 2.20. The van der Waals surface area contributed by atoms with E-state index < -0.39 is 9.71 Å². The standard InChI is InChI=1S/C21H24N4O4S/c1-13-17-7-14(15-8-18(25-30(3,4)26)21(27-2)22-10-15)9-19(20(17)24-12-23-13)29-16-5-6-28-11-16/h7-10,12,16H,3,5-6,11H2,1-2,4H3,(H,25,26)/t16-,30?/m0/s1. The van der Waals surface area contributed by atoms with Crippen molar-refractivity contribution in [1.29, 1.82) is 0 Å². The molecular weight excluding hydrogens is 404 g/mol. The van der Waals surface area contributed by atoms with Crippen molar-refractivity contribution in [1.82, 2.24) is 15.0 Å². The van der Waals surface area contributed by atoms with Gasteiger partial charge in [0, 0.05) is 45.2 Å². The first kappa shape index (κ1) is 20.4. The topological polar surface area (TPSA) is 95.5 Å². The van der Waals surface area contributed by atoms with Gasteiger partial charge in [0.15, 0.2) is 0 Å². The van der Waals surface area contributed by atoms with Crippen molar-refractivity contribution < 1.29 is 18.4 Å². The fraction of sp³-hybridized carbons (Fsp3) is 0.333. The number of ether oxygens (including phenoxy) is 3. The highest BCUT2D eigenvalue weighted by atomic mass is 32.2. The molecule has 1 fully saturated rings. The van der Waals surface area contributed by atoms with Crippen LogP contribution in [0.5, 0.6) is 11.6 Å². The van der Waals surface area contributed by atoms with Crippen LogP contribution in [0.15, 0.2) is 30.7 Å². The van der Waals surface area contributed by atoms with E-state index >= 15 is 0 Å². The Morgan fingerprint density at radius 3 is 2.77 bits per heavy atom. The molecule has 0 bridgehead atoms. The zero-order valence-corrected chi connectivity index (χ0v) is 18.0. The fourth-order valence-corrected chi connectivity index (χ4v) is 3.99. The summed E-state index contributed by atoms with van der Waals surface area (Å²) in [7, 11) is -0.989. The van der Waals surface area contributed by atoms with Crippen LogP contribution in [0.25, 0.3) is 22.0 Å². The van der Waals surface area contributed by atoms with Gasteiger partial charge in [0.25, 0.3) is 0 Å². The molecule has 3 aromatic rings. The molecule has 9 heteroatoms. The number of methoxy groups -OCH3 is 1. The summed E-state index contributed by atoms with van der Waals surface area (Å²) < 4.78 is 32.0. The summed E-state index contributed by atoms with van der Waals surface area (Å²) >= 11 is 0. The predicted molar refractivity (Wildman–Crippen MR) is 119 cm³/mol. The van der Waals surface area contributed by atoms with Crippen LogP contribution in [-0.2, 0) is 14.4 Å². The molecule has 0 radical (unpaired) electrons. The Hall–Kier alpha value is -2.91. The van der Waals surface area contributed by atoms with E-state index in [0.29, 0.717) is 30.5 Å². The van der Waals surface area contributed by atoms with Crippen molar-refractivity contribution >= 4 is 32.2 Å². The van der Waals surface area contributed by atoms with Crippen LogP contribution in [0.4, 0.5) is 5.69 Å². The maximum Gasteiger partial charge on any atom is 0.238 e. The average molecular weight is 429 g/mol. The smallest absolute Gasteiger partial charge is 0.238 e. The molecule has 1 unspecified atom stereocenters. The highest BCUT2D eigenvalue weighted by molar-refractivity contribution is 8.00. The lowest BCUT2D eigenvalue weighted by Gasteiger charge is -2.17. The molecule has 0 aliphatic carbocycles. The van der Waals surface area contributed by atoms with Gasteiger partial charge >= 0.3 is 0 Å². The molecule has 1 N–H and O–H groups in total. The molecular formula is C21H24N4O4S. The molecule has 1 aliphatic heterocycles. The largest absolute Gasteiger partial charge is 0.486 e. The van der Waals surface area contributed by atoms with Crippen molar-refractivity contribution in [3.05, 3.63) is 36.4 Å². The molecule has 3 heterocycles. The highest BCUT2D eigenvalue weighted by Crippen LogP contribution is 2.35. The number of aryl methyl sites for hydroxylation is 1. The third-order valence-electron chi connectivity index (χ3n) is 4.79. The van der Waals surface area contributed by atoms with E-state index in [1.54, 1.807) is 12.5 Å². The van der Waals surface area contributed by atoms with E-state index in [9.17, 15) is 4.21 Å². The second-order valence-corrected chi connectivity index (χ2v) is 9.54. The fourth-order valence-electron chi connectivity index (χ4n) is 3.38. The number of hydrogen-bond acceptors (Lipinski definition) is 7. The van der Waals surface area contributed by atoms with Gasteiger partial charge in [-0.1, -0.05) is 0 Å². The maximum atomic E-state index is 12.2. The molecule has 158 valence electrons. The Balaban J connectivity index is 1.84. The van der Waals surface area contributed by atoms with Gasteiger partial charge in [-0.05, 0) is 36.6 Å². The van der Waals surface area contributed by atoms with Gasteiger partial charge in [-0.25, -0.2) is 19.2 Å². The normalized spacial score (nSPS) is 18.2. The number of benzene rings is 1. The first-order valence-electron chi connectivity index (χ1n) is 9.48. The van der Waals surface area contributed by atoms with Crippen molar-refractivity contribution in [2.75, 3.05) is 31.3 Å². The lowest BCUT2D eigenvalue weighted by Crippen LogP contribution is -2.16. The van der Waals surface area contributed by atoms with Crippen LogP contribution < -0.4 is 14.2 Å². The Kier molecular flexibility index (Phi) is 5.48. The van der Waals surface area contributed by atoms with Crippen LogP contribution >= 0.6 is 0 Å². The predicted octanol–water partition coefficient (Wildman–Crippen LogP) is 2.85. The van der Waals surface area contributed by atoms with E-state index in [4.69, 9.17) is 14.2 Å². The third kappa shape index (κ3) is 4.31. The molecule has 2 aromatic heterocycles. The lowest BCUT2D eigenvalue weighted by molar-refractivity contribution is 0.142. The van der Waals surface area contributed by atoms with Crippen LogP contribution in [-0.4, -0.2) is 57.7 Å². The van der Waals surface area contributed by atoms with Crippen molar-refractivity contribution in [2.24, 2.45) is 0 Å². The van der Waals surface area contributed by atoms with E-state index in [0.717, 1.165) is 34.1 Å². The van der Waals surface area contributed by atoms with E-state index in [1.807, 2.05) is 25.1 Å². The number of aromatic nitrogens is 3. The second kappa shape index (κ2) is 8.08. The molecule has 4 rings (SSSR count). The van der Waals surface area contributed by atoms with Gasteiger partial charge in [-0.15, -0.1) is 0 Å². The Bertz CT molecular complexity index is 1190. The lowest BCUT2D eigenvalue weighted by atomic mass is 10.0. The minimum Gasteiger partial charge on any atom is -0.486 e. The average Bonchev–Trinajstić information content (AvgIpc) is 3.20. The van der Waals surface area contributed by atoms with E-state index in [-0.39, 0.29) is 6.10 Å². The van der Waals surface area contributed by atoms with Gasteiger partial charge in [0.1, 0.15) is 29.4 Å². The summed E-state index contributed by atoms with van der Waals surface area (Å²) in [6.07, 6.45) is 5.58. The van der Waals surface area contributed by atoms with Crippen LogP contribution in [0.2, 0.25) is 0 Å². The number of pyridine rings is 1. The molecule has 1 saturated heterocycles. The Morgan fingerprint density at radius 1 is 1.23 bits per heavy atom. The number of fused-ring (bicyclic) bond motifs is 1. The summed E-state index contributed by atoms with van der Waals surface area (Å²) in [6.45, 7) is 3.18. The van der Waals surface area contributed by atoms with Gasteiger partial charge in [-0.3, -0.25) is 0 Å². The quantitative estimate of drug-likeness (QED) is 0.603.